The van der Waals surface area contributed by atoms with E-state index in [4.69, 9.17) is 14.6 Å². The summed E-state index contributed by atoms with van der Waals surface area (Å²) in [6, 6.07) is 37.8. The summed E-state index contributed by atoms with van der Waals surface area (Å²) in [5.41, 5.74) is 11.0. The van der Waals surface area contributed by atoms with Crippen LogP contribution in [-0.4, -0.2) is 19.6 Å². The van der Waals surface area contributed by atoms with Crippen molar-refractivity contribution in [3.63, 3.8) is 0 Å². The molecule has 0 saturated heterocycles. The number of nitrogens with zero attached hydrogens (tertiary/aromatic N) is 3. The van der Waals surface area contributed by atoms with E-state index < -0.39 is 53.3 Å². The molecule has 9 aromatic rings. The van der Waals surface area contributed by atoms with E-state index in [1.54, 1.807) is 0 Å². The normalized spacial score (nSPS) is 14.1. The van der Waals surface area contributed by atoms with Gasteiger partial charge in [0.25, 0.3) is 0 Å². The van der Waals surface area contributed by atoms with Crippen LogP contribution in [0.3, 0.4) is 0 Å². The van der Waals surface area contributed by atoms with Crippen molar-refractivity contribution < 1.29 is 16.1 Å². The van der Waals surface area contributed by atoms with Crippen molar-refractivity contribution in [3.05, 3.63) is 192 Å². The van der Waals surface area contributed by atoms with Crippen LogP contribution < -0.4 is 0 Å². The molecular formula is C64H65N3O. The molecule has 7 aromatic carbocycles. The van der Waals surface area contributed by atoms with Crippen molar-refractivity contribution in [2.45, 2.75) is 105 Å². The number of phenols is 1. The number of imidazole rings is 1. The number of aromatic nitrogens is 3. The standard InChI is InChI=1S/C64H65N3O/c1-61(2,3)48-29-26-42(27-30-48)44-28-31-56(52(37-44)43-22-17-14-18-23-43)67-57-25-19-24-51(58(57)66-60(67)53-39-50(63(7,8)9)40-54(59(53)68)64(10,11)12)46-34-47(36-49(35-46)62(4,5)6)55-38-45(32-33-65-55)41-20-15-13-16-21-41/h13-40,68H,1-12H3/i13D,15D,16D,20D,21D,32D,33D,38D. The van der Waals surface area contributed by atoms with Crippen LogP contribution in [0.5, 0.6) is 5.75 Å². The Morgan fingerprint density at radius 1 is 0.471 bits per heavy atom. The largest absolute Gasteiger partial charge is 0.507 e. The van der Waals surface area contributed by atoms with Gasteiger partial charge in [0.1, 0.15) is 11.6 Å². The number of pyridine rings is 1. The Kier molecular flexibility index (Phi) is 9.38. The monoisotopic (exact) mass is 900 g/mol. The number of rotatable bonds is 7. The first-order valence-corrected chi connectivity index (χ1v) is 23.4. The Bertz CT molecular complexity index is 3750. The van der Waals surface area contributed by atoms with Crippen LogP contribution in [0.2, 0.25) is 0 Å². The third-order valence-corrected chi connectivity index (χ3v) is 12.8. The van der Waals surface area contributed by atoms with Gasteiger partial charge in [-0.05, 0) is 120 Å². The van der Waals surface area contributed by atoms with Crippen molar-refractivity contribution >= 4 is 11.0 Å². The van der Waals surface area contributed by atoms with Crippen molar-refractivity contribution in [2.75, 3.05) is 0 Å². The van der Waals surface area contributed by atoms with Crippen LogP contribution >= 0.6 is 0 Å². The fraction of sp³-hybridized carbons (Fsp3) is 0.250. The summed E-state index contributed by atoms with van der Waals surface area (Å²) < 4.78 is 72.2. The zero-order valence-electron chi connectivity index (χ0n) is 49.3. The molecule has 4 heteroatoms. The van der Waals surface area contributed by atoms with E-state index in [9.17, 15) is 6.48 Å². The fourth-order valence-electron chi connectivity index (χ4n) is 8.80. The maximum Gasteiger partial charge on any atom is 0.149 e. The van der Waals surface area contributed by atoms with Gasteiger partial charge in [0.2, 0.25) is 0 Å². The molecule has 0 bridgehead atoms. The third-order valence-electron chi connectivity index (χ3n) is 12.8. The Morgan fingerprint density at radius 3 is 1.78 bits per heavy atom. The number of phenolic OH excluding ortho intramolecular Hbond substituents is 1. The van der Waals surface area contributed by atoms with Crippen molar-refractivity contribution in [1.29, 1.82) is 0 Å². The Balaban J connectivity index is 1.37. The second-order valence-corrected chi connectivity index (χ2v) is 22.0. The molecule has 0 fully saturated rings. The smallest absolute Gasteiger partial charge is 0.149 e. The molecule has 4 nitrogen and oxygen atoms in total. The highest BCUT2D eigenvalue weighted by Crippen LogP contribution is 2.46. The molecule has 0 atom stereocenters. The summed E-state index contributed by atoms with van der Waals surface area (Å²) in [5, 5.41) is 12.7. The molecule has 1 N–H and O–H groups in total. The quantitative estimate of drug-likeness (QED) is 0.173. The number of para-hydroxylation sites is 1. The molecular weight excluding hydrogens is 827 g/mol. The second-order valence-electron chi connectivity index (χ2n) is 22.0. The molecule has 0 aliphatic heterocycles. The predicted molar refractivity (Wildman–Crippen MR) is 288 cm³/mol. The first-order valence-electron chi connectivity index (χ1n) is 27.4. The molecule has 0 unspecified atom stereocenters. The summed E-state index contributed by atoms with van der Waals surface area (Å²) in [4.78, 5) is 10.1. The van der Waals surface area contributed by atoms with Gasteiger partial charge >= 0.3 is 0 Å². The summed E-state index contributed by atoms with van der Waals surface area (Å²) >= 11 is 0. The first kappa shape index (κ1) is 37.0. The molecule has 342 valence electrons. The van der Waals surface area contributed by atoms with Gasteiger partial charge in [-0.25, -0.2) is 4.98 Å². The van der Waals surface area contributed by atoms with Crippen LogP contribution in [0.15, 0.2) is 170 Å². The molecule has 0 aliphatic rings. The summed E-state index contributed by atoms with van der Waals surface area (Å²) in [6.45, 7) is 25.7. The summed E-state index contributed by atoms with van der Waals surface area (Å²) in [7, 11) is 0. The Labute approximate surface area is 415 Å². The van der Waals surface area contributed by atoms with Crippen LogP contribution in [0, 0.1) is 0 Å². The van der Waals surface area contributed by atoms with Gasteiger partial charge in [-0.1, -0.05) is 198 Å². The number of benzene rings is 7. The highest BCUT2D eigenvalue weighted by Gasteiger charge is 2.30. The Morgan fingerprint density at radius 2 is 1.12 bits per heavy atom. The highest BCUT2D eigenvalue weighted by atomic mass is 16.3. The van der Waals surface area contributed by atoms with E-state index in [-0.39, 0.29) is 39.4 Å². The zero-order valence-corrected chi connectivity index (χ0v) is 41.3. The van der Waals surface area contributed by atoms with Gasteiger partial charge in [-0.15, -0.1) is 0 Å². The average molecular weight is 900 g/mol. The van der Waals surface area contributed by atoms with Gasteiger partial charge in [-0.2, -0.15) is 0 Å². The molecule has 0 spiro atoms. The minimum absolute atomic E-state index is 0.00458. The molecule has 0 aliphatic carbocycles. The lowest BCUT2D eigenvalue weighted by atomic mass is 9.79. The maximum absolute atomic E-state index is 12.7. The average Bonchev–Trinajstić information content (AvgIpc) is 3.81. The SMILES string of the molecule is [2H]c1nc(-c2cc(-c3cccc4c3nc(-c3cc(C(C)(C)C)cc(C(C)(C)C)c3O)n4-c3ccc(-c4ccc(C(C)(C)C)cc4)cc3-c3ccccc3)cc(C(C)(C)C)c2)c([2H])c(-c2c([2H])c([2H])c([2H])c([2H])c2[2H])c1[2H]. The number of hydrogen-bond acceptors (Lipinski definition) is 3. The van der Waals surface area contributed by atoms with E-state index in [1.165, 1.54) is 5.56 Å². The molecule has 68 heavy (non-hydrogen) atoms. The predicted octanol–water partition coefficient (Wildman–Crippen LogP) is 17.3. The lowest BCUT2D eigenvalue weighted by Crippen LogP contribution is -2.17. The van der Waals surface area contributed by atoms with E-state index in [0.717, 1.165) is 61.3 Å². The second kappa shape index (κ2) is 17.2. The van der Waals surface area contributed by atoms with E-state index in [1.807, 2.05) is 48.5 Å². The van der Waals surface area contributed by atoms with Gasteiger partial charge in [-0.3, -0.25) is 9.55 Å². The minimum Gasteiger partial charge on any atom is -0.507 e. The molecule has 0 amide bonds. The van der Waals surface area contributed by atoms with Crippen LogP contribution in [0.1, 0.15) is 116 Å². The minimum atomic E-state index is -0.602. The maximum atomic E-state index is 12.7. The molecule has 0 radical (unpaired) electrons. The van der Waals surface area contributed by atoms with Gasteiger partial charge in [0.15, 0.2) is 0 Å². The topological polar surface area (TPSA) is 50.9 Å². The first-order chi connectivity index (χ1) is 35.5. The summed E-state index contributed by atoms with van der Waals surface area (Å²) in [5.74, 6) is 0.673. The highest BCUT2D eigenvalue weighted by molar-refractivity contribution is 5.98. The summed E-state index contributed by atoms with van der Waals surface area (Å²) in [6.07, 6.45) is -0.505. The van der Waals surface area contributed by atoms with Crippen molar-refractivity contribution in [2.24, 2.45) is 0 Å². The Hall–Kier alpha value is -7.04. The van der Waals surface area contributed by atoms with Gasteiger partial charge < -0.3 is 5.11 Å². The zero-order chi connectivity index (χ0) is 55.3. The van der Waals surface area contributed by atoms with Crippen molar-refractivity contribution in [3.8, 4) is 78.6 Å². The van der Waals surface area contributed by atoms with E-state index in [2.05, 4.69) is 165 Å². The lowest BCUT2D eigenvalue weighted by Gasteiger charge is -2.27. The van der Waals surface area contributed by atoms with Crippen LogP contribution in [0.25, 0.3) is 83.9 Å². The number of fused-ring (bicyclic) bond motifs is 1. The van der Waals surface area contributed by atoms with E-state index in [0.29, 0.717) is 22.5 Å². The lowest BCUT2D eigenvalue weighted by molar-refractivity contribution is 0.446. The fourth-order valence-corrected chi connectivity index (χ4v) is 8.80. The van der Waals surface area contributed by atoms with Crippen LogP contribution in [0.4, 0.5) is 0 Å². The van der Waals surface area contributed by atoms with Crippen LogP contribution in [-0.2, 0) is 21.7 Å². The third kappa shape index (κ3) is 9.05. The number of hydrogen-bond donors (Lipinski definition) is 1. The van der Waals surface area contributed by atoms with Crippen molar-refractivity contribution in [1.82, 2.24) is 14.5 Å². The molecule has 9 rings (SSSR count). The molecule has 0 saturated carbocycles. The molecule has 2 heterocycles. The van der Waals surface area contributed by atoms with Gasteiger partial charge in [0, 0.05) is 28.4 Å². The van der Waals surface area contributed by atoms with Gasteiger partial charge in [0.05, 0.1) is 38.9 Å². The molecule has 2 aromatic heterocycles. The number of aromatic hydroxyl groups is 1. The van der Waals surface area contributed by atoms with E-state index >= 15 is 0 Å².